The van der Waals surface area contributed by atoms with Gasteiger partial charge in [0, 0.05) is 101 Å². The van der Waals surface area contributed by atoms with E-state index in [1.807, 2.05) is 83.3 Å². The van der Waals surface area contributed by atoms with Crippen LogP contribution in [-0.4, -0.2) is 29.9 Å². The average Bonchev–Trinajstić information content (AvgIpc) is 1.68. The molecule has 18 aromatic carbocycles. The van der Waals surface area contributed by atoms with Crippen LogP contribution in [0, 0.1) is 0 Å². The van der Waals surface area contributed by atoms with Gasteiger partial charge in [0.1, 0.15) is 11.2 Å². The third-order valence-corrected chi connectivity index (χ3v) is 24.2. The Bertz CT molecular complexity index is 7950. The maximum atomic E-state index is 6.36. The van der Waals surface area contributed by atoms with Crippen molar-refractivity contribution in [2.45, 2.75) is 0 Å². The predicted octanol–water partition coefficient (Wildman–Crippen LogP) is 29.0. The Hall–Kier alpha value is -14.5. The molecule has 6 aromatic heterocycles. The zero-order valence-corrected chi connectivity index (χ0v) is 62.3. The van der Waals surface area contributed by atoms with Crippen molar-refractivity contribution in [3.05, 3.63) is 376 Å². The minimum atomic E-state index is 0.871. The molecule has 0 aliphatic rings. The summed E-state index contributed by atoms with van der Waals surface area (Å²) in [6.45, 7) is 0. The smallest absolute Gasteiger partial charge is 0.143 e. The molecule has 24 rings (SSSR count). The Morgan fingerprint density at radius 2 is 0.566 bits per heavy atom. The number of hydrogen-bond donors (Lipinski definition) is 0. The molecule has 0 bridgehead atoms. The molecular formula is C104H62N6OS2. The molecule has 6 heterocycles. The van der Waals surface area contributed by atoms with E-state index in [4.69, 9.17) is 34.3 Å². The zero-order chi connectivity index (χ0) is 74.5. The number of furan rings is 1. The van der Waals surface area contributed by atoms with E-state index in [-0.39, 0.29) is 0 Å². The fourth-order valence-corrected chi connectivity index (χ4v) is 18.8. The summed E-state index contributed by atoms with van der Waals surface area (Å²) in [6, 6.07) is 132. The number of benzene rings is 18. The van der Waals surface area contributed by atoms with Crippen molar-refractivity contribution < 1.29 is 4.42 Å². The molecule has 0 N–H and O–H groups in total. The lowest BCUT2D eigenvalue weighted by molar-refractivity contribution is 0.672. The third-order valence-electron chi connectivity index (χ3n) is 21.9. The van der Waals surface area contributed by atoms with E-state index in [1.54, 1.807) is 0 Å². The van der Waals surface area contributed by atoms with Gasteiger partial charge in [-0.3, -0.25) is 0 Å². The predicted molar refractivity (Wildman–Crippen MR) is 477 cm³/mol. The van der Waals surface area contributed by atoms with E-state index in [9.17, 15) is 0 Å². The Morgan fingerprint density at radius 3 is 1.16 bits per heavy atom. The molecule has 0 radical (unpaired) electrons. The van der Waals surface area contributed by atoms with E-state index in [0.29, 0.717) is 0 Å². The maximum absolute atomic E-state index is 6.36. The van der Waals surface area contributed by atoms with Crippen molar-refractivity contribution in [1.29, 1.82) is 0 Å². The van der Waals surface area contributed by atoms with E-state index >= 15 is 0 Å². The summed E-state index contributed by atoms with van der Waals surface area (Å²) in [5, 5.41) is 19.0. The van der Waals surface area contributed by atoms with Crippen LogP contribution in [0.1, 0.15) is 0 Å². The highest BCUT2D eigenvalue weighted by atomic mass is 32.1. The lowest BCUT2D eigenvalue weighted by Crippen LogP contribution is -1.97. The first kappa shape index (κ1) is 65.6. The molecule has 113 heavy (non-hydrogen) atoms. The van der Waals surface area contributed by atoms with Crippen LogP contribution < -0.4 is 0 Å². The highest BCUT2D eigenvalue weighted by molar-refractivity contribution is 7.26. The molecule has 0 saturated heterocycles. The van der Waals surface area contributed by atoms with Crippen molar-refractivity contribution >= 4 is 172 Å². The van der Waals surface area contributed by atoms with Gasteiger partial charge in [0.05, 0.1) is 67.3 Å². The van der Waals surface area contributed by atoms with Crippen LogP contribution in [0.4, 0.5) is 0 Å². The Balaban J connectivity index is 0.000000104. The second-order valence-electron chi connectivity index (χ2n) is 28.6. The lowest BCUT2D eigenvalue weighted by Gasteiger charge is -2.14. The van der Waals surface area contributed by atoms with Crippen LogP contribution in [0.15, 0.2) is 381 Å². The number of aromatic nitrogens is 6. The number of hydrogen-bond acceptors (Lipinski definition) is 9. The van der Waals surface area contributed by atoms with Gasteiger partial charge in [-0.25, -0.2) is 29.9 Å². The van der Waals surface area contributed by atoms with Crippen molar-refractivity contribution in [3.8, 4) is 78.7 Å². The van der Waals surface area contributed by atoms with Gasteiger partial charge in [0.25, 0.3) is 0 Å². The van der Waals surface area contributed by atoms with Gasteiger partial charge in [0.2, 0.25) is 0 Å². The van der Waals surface area contributed by atoms with Crippen LogP contribution in [0.25, 0.3) is 228 Å². The molecule has 526 valence electrons. The molecule has 0 unspecified atom stereocenters. The Kier molecular flexibility index (Phi) is 15.8. The molecule has 0 amide bonds. The molecule has 0 spiro atoms. The summed E-state index contributed by atoms with van der Waals surface area (Å²) in [5.41, 5.74) is 21.4. The van der Waals surface area contributed by atoms with Gasteiger partial charge < -0.3 is 4.42 Å². The standard InChI is InChI=1S/C36H22N2S.C34H20N2O.C34H20N2S/c1-2-10-23(11-3-1)24-12-8-14-26(20-24)35-36(38-32-18-6-5-17-31(32)37-35)28-16-9-13-25-21-34-30(22-29(25)28)27-15-4-7-19-33(27)39-34;1-2-10-22(11-3-1)31-33(36-32-23-12-5-4-9-21(23)17-20-29(32)35-31)26-14-8-15-27-24(26)18-19-28-25-13-6-7-16-30(25)37-34(27)28;1-2-10-22(11-3-1)32-34(35-29-18-17-21-9-4-5-13-24(21)33(29)36-32)26-15-8-12-23-19-31-28(20-27(23)26)25-14-6-7-16-30(25)37-31/h1-22H;2*1-20H. The van der Waals surface area contributed by atoms with Crippen LogP contribution in [-0.2, 0) is 0 Å². The molecule has 24 aromatic rings. The van der Waals surface area contributed by atoms with Crippen LogP contribution in [0.3, 0.4) is 0 Å². The molecule has 7 nitrogen and oxygen atoms in total. The number of fused-ring (bicyclic) bond motifs is 20. The van der Waals surface area contributed by atoms with Crippen LogP contribution >= 0.6 is 22.7 Å². The van der Waals surface area contributed by atoms with Crippen molar-refractivity contribution in [2.24, 2.45) is 0 Å². The summed E-state index contributed by atoms with van der Waals surface area (Å²) < 4.78 is 11.6. The van der Waals surface area contributed by atoms with Crippen LogP contribution in [0.5, 0.6) is 0 Å². The second kappa shape index (κ2) is 27.3. The fraction of sp³-hybridized carbons (Fsp3) is 0. The molecule has 0 fully saturated rings. The van der Waals surface area contributed by atoms with Gasteiger partial charge >= 0.3 is 0 Å². The summed E-state index contributed by atoms with van der Waals surface area (Å²) in [4.78, 5) is 31.6. The number of rotatable bonds is 7. The van der Waals surface area contributed by atoms with Gasteiger partial charge in [0.15, 0.2) is 0 Å². The van der Waals surface area contributed by atoms with Crippen molar-refractivity contribution in [2.75, 3.05) is 0 Å². The van der Waals surface area contributed by atoms with Gasteiger partial charge in [-0.15, -0.1) is 22.7 Å². The molecule has 0 aliphatic heterocycles. The third kappa shape index (κ3) is 11.5. The number of thiophene rings is 2. The minimum Gasteiger partial charge on any atom is -0.455 e. The first-order chi connectivity index (χ1) is 56.0. The monoisotopic (exact) mass is 1470 g/mol. The lowest BCUT2D eigenvalue weighted by atomic mass is 9.95. The molecular weight excluding hydrogens is 1410 g/mol. The average molecular weight is 1480 g/mol. The summed E-state index contributed by atoms with van der Waals surface area (Å²) in [7, 11) is 0. The van der Waals surface area contributed by atoms with Crippen LogP contribution in [0.2, 0.25) is 0 Å². The minimum absolute atomic E-state index is 0.871. The van der Waals surface area contributed by atoms with Crippen molar-refractivity contribution in [1.82, 2.24) is 29.9 Å². The Labute approximate surface area is 656 Å². The summed E-state index contributed by atoms with van der Waals surface area (Å²) >= 11 is 3.70. The normalized spacial score (nSPS) is 11.7. The summed E-state index contributed by atoms with van der Waals surface area (Å²) in [6.07, 6.45) is 0. The summed E-state index contributed by atoms with van der Waals surface area (Å²) in [5.74, 6) is 0. The largest absolute Gasteiger partial charge is 0.455 e. The molecule has 0 atom stereocenters. The molecule has 0 saturated carbocycles. The molecule has 9 heteroatoms. The molecule has 0 aliphatic carbocycles. The SMILES string of the molecule is c1ccc(-c2cccc(-c3nc4ccccc4nc3-c3cccc4cc5sc6ccccc6c5cc34)c2)cc1.c1ccc(-c2nc3c(ccc4ccccc43)nc2-c2cccc3cc4sc5ccccc5c4cc23)cc1.c1ccc(-c2nc3ccc4ccccc4c3nc2-c2cccc3c2ccc2c4ccccc4oc32)cc1. The quantitative estimate of drug-likeness (QED) is 0.147. The zero-order valence-electron chi connectivity index (χ0n) is 60.7. The first-order valence-corrected chi connectivity index (χ1v) is 39.6. The first-order valence-electron chi connectivity index (χ1n) is 37.9. The highest BCUT2D eigenvalue weighted by Gasteiger charge is 2.23. The van der Waals surface area contributed by atoms with E-state index in [0.717, 1.165) is 150 Å². The van der Waals surface area contributed by atoms with E-state index in [1.165, 1.54) is 78.4 Å². The van der Waals surface area contributed by atoms with Gasteiger partial charge in [-0.2, -0.15) is 0 Å². The highest BCUT2D eigenvalue weighted by Crippen LogP contribution is 2.46. The topological polar surface area (TPSA) is 90.5 Å². The van der Waals surface area contributed by atoms with Crippen molar-refractivity contribution in [3.63, 3.8) is 0 Å². The number of nitrogens with zero attached hydrogens (tertiary/aromatic N) is 6. The second-order valence-corrected chi connectivity index (χ2v) is 30.8. The van der Waals surface area contributed by atoms with Gasteiger partial charge in [-0.05, 0) is 128 Å². The maximum Gasteiger partial charge on any atom is 0.143 e. The number of para-hydroxylation sites is 3. The van der Waals surface area contributed by atoms with E-state index < -0.39 is 0 Å². The van der Waals surface area contributed by atoms with Gasteiger partial charge in [-0.1, -0.05) is 297 Å². The Morgan fingerprint density at radius 1 is 0.186 bits per heavy atom. The fourth-order valence-electron chi connectivity index (χ4n) is 16.6. The van der Waals surface area contributed by atoms with E-state index in [2.05, 4.69) is 315 Å².